The molecule has 1 amide bonds. The third kappa shape index (κ3) is 2.55. The number of carbonyl (C=O) groups excluding carboxylic acids is 1. The molecule has 3 rings (SSSR count). The third-order valence-electron chi connectivity index (χ3n) is 3.00. The normalized spacial score (nSPS) is 10.6. The standard InChI is InChI=1S/C15H12FN3O2/c1-21-13-5-3-2-4-11(13)18-15(20)12-9-19-8-10(16)6-7-14(19)17-12/h2-9H,1H3,(H,18,20). The first-order valence-electron chi connectivity index (χ1n) is 6.26. The number of amides is 1. The highest BCUT2D eigenvalue weighted by Crippen LogP contribution is 2.23. The Balaban J connectivity index is 1.90. The monoisotopic (exact) mass is 285 g/mol. The molecule has 21 heavy (non-hydrogen) atoms. The molecule has 2 aromatic heterocycles. The lowest BCUT2D eigenvalue weighted by Crippen LogP contribution is -2.12. The van der Waals surface area contributed by atoms with Crippen LogP contribution in [0.15, 0.2) is 48.8 Å². The van der Waals surface area contributed by atoms with Gasteiger partial charge in [0.1, 0.15) is 22.9 Å². The molecular weight excluding hydrogens is 273 g/mol. The van der Waals surface area contributed by atoms with Gasteiger partial charge < -0.3 is 14.5 Å². The Labute approximate surface area is 120 Å². The summed E-state index contributed by atoms with van der Waals surface area (Å²) in [6.07, 6.45) is 2.74. The molecule has 0 aliphatic heterocycles. The van der Waals surface area contributed by atoms with Crippen molar-refractivity contribution in [1.29, 1.82) is 0 Å². The molecule has 0 fully saturated rings. The molecule has 0 unspecified atom stereocenters. The summed E-state index contributed by atoms with van der Waals surface area (Å²) < 4.78 is 19.8. The molecule has 6 heteroatoms. The van der Waals surface area contributed by atoms with Crippen LogP contribution >= 0.6 is 0 Å². The molecule has 1 aromatic carbocycles. The van der Waals surface area contributed by atoms with E-state index in [-0.39, 0.29) is 11.6 Å². The van der Waals surface area contributed by atoms with Crippen LogP contribution in [-0.2, 0) is 0 Å². The van der Waals surface area contributed by atoms with Crippen LogP contribution in [0.1, 0.15) is 10.5 Å². The Kier molecular flexibility index (Phi) is 3.27. The van der Waals surface area contributed by atoms with Crippen molar-refractivity contribution in [3.05, 3.63) is 60.3 Å². The number of anilines is 1. The molecule has 0 spiro atoms. The van der Waals surface area contributed by atoms with Gasteiger partial charge in [-0.3, -0.25) is 4.79 Å². The maximum absolute atomic E-state index is 13.1. The maximum Gasteiger partial charge on any atom is 0.275 e. The highest BCUT2D eigenvalue weighted by molar-refractivity contribution is 6.04. The predicted octanol–water partition coefficient (Wildman–Crippen LogP) is 2.73. The summed E-state index contributed by atoms with van der Waals surface area (Å²) in [6.45, 7) is 0. The molecule has 0 aliphatic rings. The molecule has 2 heterocycles. The molecule has 0 radical (unpaired) electrons. The number of nitrogens with one attached hydrogen (secondary N) is 1. The molecule has 5 nitrogen and oxygen atoms in total. The fraction of sp³-hybridized carbons (Fsp3) is 0.0667. The zero-order valence-electron chi connectivity index (χ0n) is 11.2. The van der Waals surface area contributed by atoms with E-state index in [1.807, 2.05) is 6.07 Å². The lowest BCUT2D eigenvalue weighted by atomic mass is 10.3. The van der Waals surface area contributed by atoms with E-state index >= 15 is 0 Å². The number of pyridine rings is 1. The number of para-hydroxylation sites is 2. The zero-order valence-corrected chi connectivity index (χ0v) is 11.2. The minimum absolute atomic E-state index is 0.200. The van der Waals surface area contributed by atoms with Crippen molar-refractivity contribution in [3.8, 4) is 5.75 Å². The van der Waals surface area contributed by atoms with E-state index in [1.165, 1.54) is 36.0 Å². The van der Waals surface area contributed by atoms with Gasteiger partial charge in [0.05, 0.1) is 12.8 Å². The van der Waals surface area contributed by atoms with Gasteiger partial charge in [0.25, 0.3) is 5.91 Å². The van der Waals surface area contributed by atoms with E-state index < -0.39 is 5.82 Å². The number of rotatable bonds is 3. The van der Waals surface area contributed by atoms with Crippen LogP contribution in [0.2, 0.25) is 0 Å². The smallest absolute Gasteiger partial charge is 0.275 e. The van der Waals surface area contributed by atoms with Crippen molar-refractivity contribution in [1.82, 2.24) is 9.38 Å². The fourth-order valence-electron chi connectivity index (χ4n) is 2.01. The minimum atomic E-state index is -0.392. The molecular formula is C15H12FN3O2. The van der Waals surface area contributed by atoms with Crippen molar-refractivity contribution in [2.24, 2.45) is 0 Å². The highest BCUT2D eigenvalue weighted by atomic mass is 19.1. The first kappa shape index (κ1) is 13.1. The minimum Gasteiger partial charge on any atom is -0.495 e. The molecule has 1 N–H and O–H groups in total. The van der Waals surface area contributed by atoms with Gasteiger partial charge >= 0.3 is 0 Å². The summed E-state index contributed by atoms with van der Waals surface area (Å²) in [5, 5.41) is 2.72. The van der Waals surface area contributed by atoms with Gasteiger partial charge in [-0.25, -0.2) is 9.37 Å². The van der Waals surface area contributed by atoms with E-state index in [2.05, 4.69) is 10.3 Å². The van der Waals surface area contributed by atoms with Crippen LogP contribution < -0.4 is 10.1 Å². The number of nitrogens with zero attached hydrogens (tertiary/aromatic N) is 2. The van der Waals surface area contributed by atoms with Gasteiger partial charge in [-0.2, -0.15) is 0 Å². The van der Waals surface area contributed by atoms with Gasteiger partial charge in [0, 0.05) is 12.4 Å². The Morgan fingerprint density at radius 3 is 2.86 bits per heavy atom. The van der Waals surface area contributed by atoms with Gasteiger partial charge in [-0.15, -0.1) is 0 Å². The Morgan fingerprint density at radius 1 is 1.24 bits per heavy atom. The van der Waals surface area contributed by atoms with Gasteiger partial charge in [0.2, 0.25) is 0 Å². The second-order valence-corrected chi connectivity index (χ2v) is 4.39. The maximum atomic E-state index is 13.1. The average molecular weight is 285 g/mol. The summed E-state index contributed by atoms with van der Waals surface area (Å²) in [5.74, 6) is -0.221. The molecule has 0 saturated carbocycles. The average Bonchev–Trinajstić information content (AvgIpc) is 2.91. The van der Waals surface area contributed by atoms with Crippen molar-refractivity contribution < 1.29 is 13.9 Å². The summed E-state index contributed by atoms with van der Waals surface area (Å²) in [4.78, 5) is 16.3. The second-order valence-electron chi connectivity index (χ2n) is 4.39. The largest absolute Gasteiger partial charge is 0.495 e. The molecule has 0 bridgehead atoms. The number of aromatic nitrogens is 2. The summed E-state index contributed by atoms with van der Waals surface area (Å²) >= 11 is 0. The third-order valence-corrected chi connectivity index (χ3v) is 3.00. The Hall–Kier alpha value is -2.89. The van der Waals surface area contributed by atoms with E-state index in [0.29, 0.717) is 17.1 Å². The lowest BCUT2D eigenvalue weighted by Gasteiger charge is -2.08. The lowest BCUT2D eigenvalue weighted by molar-refractivity contribution is 0.102. The van der Waals surface area contributed by atoms with Crippen molar-refractivity contribution >= 4 is 17.2 Å². The van der Waals surface area contributed by atoms with E-state index in [1.54, 1.807) is 18.2 Å². The van der Waals surface area contributed by atoms with Crippen molar-refractivity contribution in [3.63, 3.8) is 0 Å². The van der Waals surface area contributed by atoms with Crippen LogP contribution in [0.3, 0.4) is 0 Å². The number of benzene rings is 1. The zero-order chi connectivity index (χ0) is 14.8. The molecule has 3 aromatic rings. The number of hydrogen-bond donors (Lipinski definition) is 1. The van der Waals surface area contributed by atoms with Crippen LogP contribution in [0.5, 0.6) is 5.75 Å². The van der Waals surface area contributed by atoms with E-state index in [0.717, 1.165) is 0 Å². The number of imidazole rings is 1. The van der Waals surface area contributed by atoms with Crippen LogP contribution in [0, 0.1) is 5.82 Å². The predicted molar refractivity (Wildman–Crippen MR) is 76.1 cm³/mol. The fourth-order valence-corrected chi connectivity index (χ4v) is 2.01. The highest BCUT2D eigenvalue weighted by Gasteiger charge is 2.13. The number of carbonyl (C=O) groups is 1. The van der Waals surface area contributed by atoms with Gasteiger partial charge in [-0.1, -0.05) is 12.1 Å². The van der Waals surface area contributed by atoms with Crippen LogP contribution in [0.4, 0.5) is 10.1 Å². The first-order valence-corrected chi connectivity index (χ1v) is 6.26. The molecule has 0 saturated heterocycles. The number of fused-ring (bicyclic) bond motifs is 1. The SMILES string of the molecule is COc1ccccc1NC(=O)c1cn2cc(F)ccc2n1. The Bertz CT molecular complexity index is 814. The quantitative estimate of drug-likeness (QED) is 0.805. The van der Waals surface area contributed by atoms with Crippen LogP contribution in [0.25, 0.3) is 5.65 Å². The van der Waals surface area contributed by atoms with E-state index in [4.69, 9.17) is 4.74 Å². The summed E-state index contributed by atoms with van der Waals surface area (Å²) in [6, 6.07) is 9.87. The molecule has 106 valence electrons. The van der Waals surface area contributed by atoms with Crippen LogP contribution in [-0.4, -0.2) is 22.4 Å². The number of methoxy groups -OCH3 is 1. The Morgan fingerprint density at radius 2 is 2.05 bits per heavy atom. The number of hydrogen-bond acceptors (Lipinski definition) is 3. The van der Waals surface area contributed by atoms with Gasteiger partial charge in [-0.05, 0) is 24.3 Å². The second kappa shape index (κ2) is 5.24. The summed E-state index contributed by atoms with van der Waals surface area (Å²) in [7, 11) is 1.53. The van der Waals surface area contributed by atoms with Gasteiger partial charge in [0.15, 0.2) is 0 Å². The van der Waals surface area contributed by atoms with E-state index in [9.17, 15) is 9.18 Å². The first-order chi connectivity index (χ1) is 10.2. The van der Waals surface area contributed by atoms with Crippen molar-refractivity contribution in [2.45, 2.75) is 0 Å². The molecule has 0 aliphatic carbocycles. The number of halogens is 1. The summed E-state index contributed by atoms with van der Waals surface area (Å²) in [5.41, 5.74) is 1.25. The molecule has 0 atom stereocenters. The number of ether oxygens (including phenoxy) is 1. The van der Waals surface area contributed by atoms with Crippen molar-refractivity contribution in [2.75, 3.05) is 12.4 Å². The topological polar surface area (TPSA) is 55.6 Å².